The van der Waals surface area contributed by atoms with Gasteiger partial charge in [-0.25, -0.2) is 0 Å². The Morgan fingerprint density at radius 2 is 1.94 bits per heavy atom. The number of aryl methyl sites for hydroxylation is 2. The maximum absolute atomic E-state index is 5.34. The quantitative estimate of drug-likeness (QED) is 0.810. The summed E-state index contributed by atoms with van der Waals surface area (Å²) < 4.78 is 5.34. The van der Waals surface area contributed by atoms with E-state index in [0.29, 0.717) is 0 Å². The molecule has 0 spiro atoms. The Labute approximate surface area is 110 Å². The first kappa shape index (κ1) is 13.4. The molecule has 100 valence electrons. The second kappa shape index (κ2) is 6.76. The fourth-order valence-electron chi connectivity index (χ4n) is 2.21. The van der Waals surface area contributed by atoms with Gasteiger partial charge in [0.2, 0.25) is 0 Å². The van der Waals surface area contributed by atoms with Crippen LogP contribution in [0.15, 0.2) is 18.2 Å². The van der Waals surface area contributed by atoms with E-state index in [9.17, 15) is 0 Å². The van der Waals surface area contributed by atoms with Gasteiger partial charge in [0.1, 0.15) is 0 Å². The van der Waals surface area contributed by atoms with Gasteiger partial charge >= 0.3 is 0 Å². The average molecular weight is 248 g/mol. The third-order valence-electron chi connectivity index (χ3n) is 3.59. The smallest absolute Gasteiger partial charge is 0.0594 e. The summed E-state index contributed by atoms with van der Waals surface area (Å²) in [5, 5.41) is 3.49. The van der Waals surface area contributed by atoms with Gasteiger partial charge in [-0.1, -0.05) is 6.07 Å². The molecule has 0 atom stereocenters. The van der Waals surface area contributed by atoms with Gasteiger partial charge in [-0.05, 0) is 50.1 Å². The van der Waals surface area contributed by atoms with E-state index in [1.165, 1.54) is 29.8 Å². The summed E-state index contributed by atoms with van der Waals surface area (Å²) in [5.74, 6) is 0. The van der Waals surface area contributed by atoms with Gasteiger partial charge in [0.15, 0.2) is 0 Å². The molecule has 0 aliphatic carbocycles. The first-order valence-electron chi connectivity index (χ1n) is 6.87. The van der Waals surface area contributed by atoms with E-state index in [0.717, 1.165) is 32.8 Å². The fraction of sp³-hybridized carbons (Fsp3) is 0.600. The van der Waals surface area contributed by atoms with Crippen LogP contribution in [0.4, 0.5) is 5.69 Å². The van der Waals surface area contributed by atoms with E-state index in [2.05, 4.69) is 42.3 Å². The van der Waals surface area contributed by atoms with E-state index in [-0.39, 0.29) is 0 Å². The highest BCUT2D eigenvalue weighted by Crippen LogP contribution is 2.13. The molecule has 1 aromatic rings. The Kier molecular flexibility index (Phi) is 5.02. The van der Waals surface area contributed by atoms with Gasteiger partial charge in [0, 0.05) is 25.3 Å². The number of ether oxygens (including phenoxy) is 1. The topological polar surface area (TPSA) is 24.5 Å². The lowest BCUT2D eigenvalue weighted by molar-refractivity contribution is 0.0378. The molecule has 1 aliphatic heterocycles. The minimum atomic E-state index is 0.893. The van der Waals surface area contributed by atoms with Crippen molar-refractivity contribution in [2.75, 3.05) is 44.7 Å². The zero-order chi connectivity index (χ0) is 12.8. The van der Waals surface area contributed by atoms with Crippen LogP contribution in [0.2, 0.25) is 0 Å². The number of rotatable bonds is 5. The predicted molar refractivity (Wildman–Crippen MR) is 76.3 cm³/mol. The van der Waals surface area contributed by atoms with E-state index < -0.39 is 0 Å². The van der Waals surface area contributed by atoms with Gasteiger partial charge in [-0.15, -0.1) is 0 Å². The summed E-state index contributed by atoms with van der Waals surface area (Å²) in [6, 6.07) is 6.57. The largest absolute Gasteiger partial charge is 0.385 e. The molecular formula is C15H24N2O. The Balaban J connectivity index is 1.66. The molecule has 1 N–H and O–H groups in total. The predicted octanol–water partition coefficient (Wildman–Crippen LogP) is 2.44. The molecule has 0 unspecified atom stereocenters. The number of benzene rings is 1. The van der Waals surface area contributed by atoms with Gasteiger partial charge in [0.25, 0.3) is 0 Å². The van der Waals surface area contributed by atoms with Crippen molar-refractivity contribution in [1.82, 2.24) is 4.90 Å². The van der Waals surface area contributed by atoms with Crippen LogP contribution in [-0.4, -0.2) is 44.3 Å². The lowest BCUT2D eigenvalue weighted by Crippen LogP contribution is -2.37. The molecule has 1 aliphatic rings. The molecule has 3 heteroatoms. The highest BCUT2D eigenvalue weighted by Gasteiger charge is 2.08. The Bertz CT molecular complexity index is 373. The third kappa shape index (κ3) is 4.00. The molecule has 1 saturated heterocycles. The van der Waals surface area contributed by atoms with Crippen molar-refractivity contribution >= 4 is 5.69 Å². The molecule has 0 bridgehead atoms. The number of hydrogen-bond acceptors (Lipinski definition) is 3. The molecule has 0 radical (unpaired) electrons. The molecule has 1 heterocycles. The lowest BCUT2D eigenvalue weighted by atomic mass is 10.1. The van der Waals surface area contributed by atoms with Crippen LogP contribution in [0.5, 0.6) is 0 Å². The highest BCUT2D eigenvalue weighted by molar-refractivity contribution is 5.47. The second-order valence-corrected chi connectivity index (χ2v) is 5.03. The fourth-order valence-corrected chi connectivity index (χ4v) is 2.21. The summed E-state index contributed by atoms with van der Waals surface area (Å²) in [6.07, 6.45) is 1.19. The molecular weight excluding hydrogens is 224 g/mol. The van der Waals surface area contributed by atoms with E-state index in [1.807, 2.05) is 0 Å². The summed E-state index contributed by atoms with van der Waals surface area (Å²) in [5.41, 5.74) is 3.95. The van der Waals surface area contributed by atoms with Crippen LogP contribution in [0, 0.1) is 13.8 Å². The maximum Gasteiger partial charge on any atom is 0.0594 e. The summed E-state index contributed by atoms with van der Waals surface area (Å²) >= 11 is 0. The van der Waals surface area contributed by atoms with Crippen molar-refractivity contribution in [3.63, 3.8) is 0 Å². The van der Waals surface area contributed by atoms with Crippen LogP contribution < -0.4 is 5.32 Å². The zero-order valence-corrected chi connectivity index (χ0v) is 11.5. The summed E-state index contributed by atoms with van der Waals surface area (Å²) in [4.78, 5) is 2.48. The molecule has 0 aromatic heterocycles. The Hall–Kier alpha value is -1.06. The molecule has 2 rings (SSSR count). The number of nitrogens with one attached hydrogen (secondary N) is 1. The van der Waals surface area contributed by atoms with Gasteiger partial charge < -0.3 is 10.1 Å². The molecule has 1 fully saturated rings. The van der Waals surface area contributed by atoms with Crippen LogP contribution in [0.1, 0.15) is 17.5 Å². The average Bonchev–Trinajstić information content (AvgIpc) is 2.40. The Morgan fingerprint density at radius 1 is 1.17 bits per heavy atom. The van der Waals surface area contributed by atoms with Gasteiger partial charge in [0.05, 0.1) is 13.2 Å². The monoisotopic (exact) mass is 248 g/mol. The lowest BCUT2D eigenvalue weighted by Gasteiger charge is -2.26. The van der Waals surface area contributed by atoms with Crippen molar-refractivity contribution in [3.8, 4) is 0 Å². The van der Waals surface area contributed by atoms with Crippen molar-refractivity contribution in [2.24, 2.45) is 0 Å². The first-order chi connectivity index (χ1) is 8.75. The standard InChI is InChI=1S/C15H24N2O/c1-13-4-5-15(12-14(13)2)16-6-3-7-17-8-10-18-11-9-17/h4-5,12,16H,3,6-11H2,1-2H3. The molecule has 18 heavy (non-hydrogen) atoms. The molecule has 1 aromatic carbocycles. The van der Waals surface area contributed by atoms with Gasteiger partial charge in [-0.3, -0.25) is 4.90 Å². The van der Waals surface area contributed by atoms with Crippen LogP contribution in [0.3, 0.4) is 0 Å². The van der Waals surface area contributed by atoms with Crippen LogP contribution in [0.25, 0.3) is 0 Å². The third-order valence-corrected chi connectivity index (χ3v) is 3.59. The SMILES string of the molecule is Cc1ccc(NCCCN2CCOCC2)cc1C. The minimum Gasteiger partial charge on any atom is -0.385 e. The molecule has 3 nitrogen and oxygen atoms in total. The number of morpholine rings is 1. The number of anilines is 1. The van der Waals surface area contributed by atoms with Crippen LogP contribution in [-0.2, 0) is 4.74 Å². The highest BCUT2D eigenvalue weighted by atomic mass is 16.5. The van der Waals surface area contributed by atoms with Gasteiger partial charge in [-0.2, -0.15) is 0 Å². The summed E-state index contributed by atoms with van der Waals surface area (Å²) in [7, 11) is 0. The number of nitrogens with zero attached hydrogens (tertiary/aromatic N) is 1. The van der Waals surface area contributed by atoms with Crippen molar-refractivity contribution < 1.29 is 4.74 Å². The van der Waals surface area contributed by atoms with Crippen LogP contribution >= 0.6 is 0 Å². The zero-order valence-electron chi connectivity index (χ0n) is 11.5. The van der Waals surface area contributed by atoms with E-state index >= 15 is 0 Å². The van der Waals surface area contributed by atoms with E-state index in [4.69, 9.17) is 4.74 Å². The van der Waals surface area contributed by atoms with E-state index in [1.54, 1.807) is 0 Å². The maximum atomic E-state index is 5.34. The normalized spacial score (nSPS) is 16.8. The molecule has 0 amide bonds. The van der Waals surface area contributed by atoms with Crippen molar-refractivity contribution in [1.29, 1.82) is 0 Å². The number of hydrogen-bond donors (Lipinski definition) is 1. The van der Waals surface area contributed by atoms with Crippen molar-refractivity contribution in [3.05, 3.63) is 29.3 Å². The second-order valence-electron chi connectivity index (χ2n) is 5.03. The Morgan fingerprint density at radius 3 is 2.67 bits per heavy atom. The minimum absolute atomic E-state index is 0.893. The molecule has 0 saturated carbocycles. The first-order valence-corrected chi connectivity index (χ1v) is 6.87. The van der Waals surface area contributed by atoms with Crippen molar-refractivity contribution in [2.45, 2.75) is 20.3 Å². The summed E-state index contributed by atoms with van der Waals surface area (Å²) in [6.45, 7) is 10.5.